The molecule has 0 aromatic heterocycles. The Morgan fingerprint density at radius 1 is 1.00 bits per heavy atom. The van der Waals surface area contributed by atoms with Gasteiger partial charge in [0.25, 0.3) is 0 Å². The monoisotopic (exact) mass is 460 g/mol. The van der Waals surface area contributed by atoms with Gasteiger partial charge in [-0.2, -0.15) is 0 Å². The highest BCUT2D eigenvalue weighted by atomic mass is 19.3. The summed E-state index contributed by atoms with van der Waals surface area (Å²) in [4.78, 5) is 24.9. The number of hydrogen-bond acceptors (Lipinski definition) is 5. The molecular weight excluding hydrogens is 430 g/mol. The molecular formula is C25H30F2N2O4. The van der Waals surface area contributed by atoms with Gasteiger partial charge in [0, 0.05) is 19.4 Å². The third kappa shape index (κ3) is 6.51. The standard InChI is InChI=1S/C25H30F2N2O4/c1-18(19-8-10-20(11-9-19)22(30)32-2)29-23(31)24(12-14-25(26,27)15-13-24)28-16-17-33-21-6-4-3-5-7-21/h3-11,18,28H,12-17H2,1-2H3,(H,29,31). The highest BCUT2D eigenvalue weighted by Gasteiger charge is 2.47. The predicted molar refractivity (Wildman–Crippen MR) is 120 cm³/mol. The molecule has 0 radical (unpaired) electrons. The van der Waals surface area contributed by atoms with Crippen LogP contribution in [0, 0.1) is 0 Å². The zero-order valence-electron chi connectivity index (χ0n) is 18.9. The van der Waals surface area contributed by atoms with Gasteiger partial charge in [0.1, 0.15) is 12.4 Å². The van der Waals surface area contributed by atoms with Crippen molar-refractivity contribution < 1.29 is 27.8 Å². The fraction of sp³-hybridized carbons (Fsp3) is 0.440. The van der Waals surface area contributed by atoms with E-state index in [4.69, 9.17) is 9.47 Å². The first-order chi connectivity index (χ1) is 15.7. The van der Waals surface area contributed by atoms with Crippen LogP contribution in [0.15, 0.2) is 54.6 Å². The minimum absolute atomic E-state index is 0.0329. The maximum atomic E-state index is 13.9. The normalized spacial score (nSPS) is 17.6. The molecule has 1 atom stereocenters. The van der Waals surface area contributed by atoms with E-state index >= 15 is 0 Å². The molecule has 1 unspecified atom stereocenters. The van der Waals surface area contributed by atoms with Gasteiger partial charge in [0.05, 0.1) is 24.3 Å². The van der Waals surface area contributed by atoms with Crippen molar-refractivity contribution in [2.45, 2.75) is 50.1 Å². The lowest BCUT2D eigenvalue weighted by Gasteiger charge is -2.40. The first-order valence-electron chi connectivity index (χ1n) is 11.0. The van der Waals surface area contributed by atoms with Crippen molar-refractivity contribution in [3.05, 3.63) is 65.7 Å². The number of alkyl halides is 2. The summed E-state index contributed by atoms with van der Waals surface area (Å²) in [6.45, 7) is 2.46. The third-order valence-corrected chi connectivity index (χ3v) is 6.03. The number of rotatable bonds is 9. The molecule has 178 valence electrons. The van der Waals surface area contributed by atoms with Gasteiger partial charge in [-0.05, 0) is 49.6 Å². The zero-order valence-corrected chi connectivity index (χ0v) is 18.9. The van der Waals surface area contributed by atoms with Crippen molar-refractivity contribution in [1.82, 2.24) is 10.6 Å². The van der Waals surface area contributed by atoms with E-state index in [1.807, 2.05) is 37.3 Å². The van der Waals surface area contributed by atoms with Crippen molar-refractivity contribution >= 4 is 11.9 Å². The number of ether oxygens (including phenoxy) is 2. The van der Waals surface area contributed by atoms with Gasteiger partial charge in [0.15, 0.2) is 0 Å². The van der Waals surface area contributed by atoms with Gasteiger partial charge in [-0.1, -0.05) is 30.3 Å². The Morgan fingerprint density at radius 2 is 1.64 bits per heavy atom. The van der Waals surface area contributed by atoms with E-state index in [0.717, 1.165) is 5.56 Å². The molecule has 1 aliphatic carbocycles. The molecule has 1 saturated carbocycles. The van der Waals surface area contributed by atoms with E-state index in [1.54, 1.807) is 24.3 Å². The molecule has 1 amide bonds. The summed E-state index contributed by atoms with van der Waals surface area (Å²) >= 11 is 0. The number of carbonyl (C=O) groups is 2. The van der Waals surface area contributed by atoms with E-state index in [-0.39, 0.29) is 37.6 Å². The zero-order chi connectivity index (χ0) is 23.9. The number of para-hydroxylation sites is 1. The van der Waals surface area contributed by atoms with Gasteiger partial charge in [0.2, 0.25) is 11.8 Å². The number of halogens is 2. The van der Waals surface area contributed by atoms with E-state index in [0.29, 0.717) is 24.5 Å². The van der Waals surface area contributed by atoms with Crippen LogP contribution >= 0.6 is 0 Å². The van der Waals surface area contributed by atoms with Crippen LogP contribution in [0.4, 0.5) is 8.78 Å². The topological polar surface area (TPSA) is 76.7 Å². The molecule has 0 saturated heterocycles. The van der Waals surface area contributed by atoms with Crippen LogP contribution in [0.3, 0.4) is 0 Å². The third-order valence-electron chi connectivity index (χ3n) is 6.03. The van der Waals surface area contributed by atoms with Crippen molar-refractivity contribution in [1.29, 1.82) is 0 Å². The molecule has 2 N–H and O–H groups in total. The first kappa shape index (κ1) is 24.6. The van der Waals surface area contributed by atoms with Gasteiger partial charge < -0.3 is 14.8 Å². The Labute approximate surface area is 192 Å². The summed E-state index contributed by atoms with van der Waals surface area (Å²) < 4.78 is 38.1. The second-order valence-corrected chi connectivity index (χ2v) is 8.34. The second kappa shape index (κ2) is 10.7. The molecule has 2 aromatic rings. The summed E-state index contributed by atoms with van der Waals surface area (Å²) in [6, 6.07) is 15.6. The summed E-state index contributed by atoms with van der Waals surface area (Å²) in [5.41, 5.74) is 0.104. The molecule has 0 bridgehead atoms. The highest BCUT2D eigenvalue weighted by Crippen LogP contribution is 2.39. The quantitative estimate of drug-likeness (QED) is 0.432. The fourth-order valence-electron chi connectivity index (χ4n) is 3.95. The van der Waals surface area contributed by atoms with Crippen LogP contribution in [0.25, 0.3) is 0 Å². The molecule has 3 rings (SSSR count). The van der Waals surface area contributed by atoms with E-state index in [9.17, 15) is 18.4 Å². The molecule has 1 aliphatic rings. The smallest absolute Gasteiger partial charge is 0.337 e. The number of benzene rings is 2. The highest BCUT2D eigenvalue weighted by molar-refractivity contribution is 5.89. The molecule has 33 heavy (non-hydrogen) atoms. The number of nitrogens with one attached hydrogen (secondary N) is 2. The minimum Gasteiger partial charge on any atom is -0.492 e. The SMILES string of the molecule is COC(=O)c1ccc(C(C)NC(=O)C2(NCCOc3ccccc3)CCC(F)(F)CC2)cc1. The average Bonchev–Trinajstić information content (AvgIpc) is 2.83. The van der Waals surface area contributed by atoms with Crippen LogP contribution in [-0.2, 0) is 9.53 Å². The van der Waals surface area contributed by atoms with Crippen molar-refractivity contribution in [2.75, 3.05) is 20.3 Å². The van der Waals surface area contributed by atoms with Gasteiger partial charge >= 0.3 is 5.97 Å². The minimum atomic E-state index is -2.76. The predicted octanol–water partition coefficient (Wildman–Crippen LogP) is 4.27. The van der Waals surface area contributed by atoms with Crippen LogP contribution in [-0.4, -0.2) is 43.6 Å². The van der Waals surface area contributed by atoms with Crippen LogP contribution in [0.5, 0.6) is 5.75 Å². The van der Waals surface area contributed by atoms with Gasteiger partial charge in [-0.3, -0.25) is 10.1 Å². The number of amides is 1. The summed E-state index contributed by atoms with van der Waals surface area (Å²) in [5, 5.41) is 6.15. The molecule has 6 nitrogen and oxygen atoms in total. The summed E-state index contributed by atoms with van der Waals surface area (Å²) in [5.74, 6) is -2.82. The van der Waals surface area contributed by atoms with Crippen LogP contribution in [0.2, 0.25) is 0 Å². The Hall–Kier alpha value is -3.00. The lowest BCUT2D eigenvalue weighted by molar-refractivity contribution is -0.134. The van der Waals surface area contributed by atoms with Crippen LogP contribution < -0.4 is 15.4 Å². The van der Waals surface area contributed by atoms with E-state index in [1.165, 1.54) is 7.11 Å². The number of methoxy groups -OCH3 is 1. The molecule has 1 fully saturated rings. The Bertz CT molecular complexity index is 925. The number of carbonyl (C=O) groups excluding carboxylic acids is 2. The Kier molecular flexibility index (Phi) is 8.02. The molecule has 0 spiro atoms. The van der Waals surface area contributed by atoms with E-state index in [2.05, 4.69) is 10.6 Å². The Morgan fingerprint density at radius 3 is 2.24 bits per heavy atom. The number of esters is 1. The largest absolute Gasteiger partial charge is 0.492 e. The molecule has 2 aromatic carbocycles. The molecule has 0 heterocycles. The second-order valence-electron chi connectivity index (χ2n) is 8.34. The average molecular weight is 461 g/mol. The summed E-state index contributed by atoms with van der Waals surface area (Å²) in [7, 11) is 1.31. The van der Waals surface area contributed by atoms with Crippen molar-refractivity contribution in [3.8, 4) is 5.75 Å². The first-order valence-corrected chi connectivity index (χ1v) is 11.0. The lowest BCUT2D eigenvalue weighted by Crippen LogP contribution is -2.60. The van der Waals surface area contributed by atoms with Crippen LogP contribution in [0.1, 0.15) is 54.6 Å². The fourth-order valence-corrected chi connectivity index (χ4v) is 3.95. The van der Waals surface area contributed by atoms with Crippen molar-refractivity contribution in [3.63, 3.8) is 0 Å². The van der Waals surface area contributed by atoms with E-state index < -0.39 is 17.4 Å². The maximum absolute atomic E-state index is 13.9. The maximum Gasteiger partial charge on any atom is 0.337 e. The van der Waals surface area contributed by atoms with Crippen molar-refractivity contribution in [2.24, 2.45) is 0 Å². The number of hydrogen-bond donors (Lipinski definition) is 2. The van der Waals surface area contributed by atoms with Gasteiger partial charge in [-0.15, -0.1) is 0 Å². The summed E-state index contributed by atoms with van der Waals surface area (Å²) in [6.07, 6.45) is -0.638. The molecule has 0 aliphatic heterocycles. The lowest BCUT2D eigenvalue weighted by atomic mass is 9.78. The Balaban J connectivity index is 1.64. The van der Waals surface area contributed by atoms with Gasteiger partial charge in [-0.25, -0.2) is 13.6 Å². The molecule has 8 heteroatoms.